The molecule has 0 saturated heterocycles. The quantitative estimate of drug-likeness (QED) is 0.899. The number of methoxy groups -OCH3 is 1. The summed E-state index contributed by atoms with van der Waals surface area (Å²) in [4.78, 5) is 3.94. The van der Waals surface area contributed by atoms with Gasteiger partial charge in [0.25, 0.3) is 0 Å². The van der Waals surface area contributed by atoms with E-state index in [0.29, 0.717) is 12.4 Å². The normalized spacial score (nSPS) is 10.2. The Bertz CT molecular complexity index is 526. The zero-order valence-electron chi connectivity index (χ0n) is 10.4. The number of halogens is 1. The lowest BCUT2D eigenvalue weighted by Crippen LogP contribution is -2.03. The largest absolute Gasteiger partial charge is 0.496 e. The third kappa shape index (κ3) is 2.97. The Balaban J connectivity index is 2.08. The highest BCUT2D eigenvalue weighted by Gasteiger charge is 2.03. The molecular weight excluding hydrogens is 231 g/mol. The number of nitrogens with zero attached hydrogens (tertiary/aromatic N) is 1. The van der Waals surface area contributed by atoms with Crippen molar-refractivity contribution in [3.8, 4) is 5.75 Å². The summed E-state index contributed by atoms with van der Waals surface area (Å²) in [7, 11) is 1.65. The molecule has 1 heterocycles. The topological polar surface area (TPSA) is 34.1 Å². The Kier molecular flexibility index (Phi) is 3.77. The van der Waals surface area contributed by atoms with E-state index in [4.69, 9.17) is 4.74 Å². The number of hydrogen-bond acceptors (Lipinski definition) is 3. The fourth-order valence-electron chi connectivity index (χ4n) is 1.66. The van der Waals surface area contributed by atoms with E-state index in [9.17, 15) is 4.39 Å². The molecule has 4 heteroatoms. The van der Waals surface area contributed by atoms with Crippen LogP contribution in [0.15, 0.2) is 36.5 Å². The molecule has 0 bridgehead atoms. The summed E-state index contributed by atoms with van der Waals surface area (Å²) >= 11 is 0. The van der Waals surface area contributed by atoms with E-state index < -0.39 is 0 Å². The van der Waals surface area contributed by atoms with Crippen LogP contribution in [0.2, 0.25) is 0 Å². The minimum Gasteiger partial charge on any atom is -0.496 e. The van der Waals surface area contributed by atoms with Gasteiger partial charge in [0, 0.05) is 12.1 Å². The van der Waals surface area contributed by atoms with Crippen molar-refractivity contribution in [2.24, 2.45) is 0 Å². The van der Waals surface area contributed by atoms with Crippen molar-refractivity contribution < 1.29 is 9.13 Å². The number of benzene rings is 1. The summed E-state index contributed by atoms with van der Waals surface area (Å²) in [5.74, 6) is 1.14. The number of aromatic nitrogens is 1. The molecule has 0 unspecified atom stereocenters. The molecule has 0 spiro atoms. The highest BCUT2D eigenvalue weighted by atomic mass is 19.1. The predicted molar refractivity (Wildman–Crippen MR) is 69.3 cm³/mol. The van der Waals surface area contributed by atoms with Crippen molar-refractivity contribution in [1.82, 2.24) is 4.98 Å². The van der Waals surface area contributed by atoms with Crippen molar-refractivity contribution in [2.75, 3.05) is 12.4 Å². The second-order valence-corrected chi connectivity index (χ2v) is 4.03. The molecule has 1 aromatic heterocycles. The molecule has 2 rings (SSSR count). The van der Waals surface area contributed by atoms with Crippen LogP contribution in [-0.2, 0) is 6.54 Å². The summed E-state index contributed by atoms with van der Waals surface area (Å²) in [6.07, 6.45) is 1.19. The van der Waals surface area contributed by atoms with Crippen LogP contribution in [0, 0.1) is 12.7 Å². The third-order valence-electron chi connectivity index (χ3n) is 2.63. The molecule has 3 nitrogen and oxygen atoms in total. The van der Waals surface area contributed by atoms with Gasteiger partial charge in [0.05, 0.1) is 13.3 Å². The second kappa shape index (κ2) is 5.49. The molecule has 0 amide bonds. The summed E-state index contributed by atoms with van der Waals surface area (Å²) in [5.41, 5.74) is 2.18. The van der Waals surface area contributed by atoms with Crippen LogP contribution in [0.3, 0.4) is 0 Å². The molecule has 1 N–H and O–H groups in total. The van der Waals surface area contributed by atoms with Crippen molar-refractivity contribution in [2.45, 2.75) is 13.5 Å². The smallest absolute Gasteiger partial charge is 0.141 e. The molecule has 1 aromatic carbocycles. The predicted octanol–water partition coefficient (Wildman–Crippen LogP) is 3.15. The van der Waals surface area contributed by atoms with Crippen molar-refractivity contribution >= 4 is 5.82 Å². The van der Waals surface area contributed by atoms with Gasteiger partial charge in [0.15, 0.2) is 0 Å². The van der Waals surface area contributed by atoms with E-state index in [1.807, 2.05) is 25.1 Å². The number of nitrogens with one attached hydrogen (secondary N) is 1. The van der Waals surface area contributed by atoms with E-state index in [2.05, 4.69) is 10.3 Å². The first-order chi connectivity index (χ1) is 8.69. The average molecular weight is 246 g/mol. The van der Waals surface area contributed by atoms with Crippen LogP contribution in [0.25, 0.3) is 0 Å². The maximum atomic E-state index is 12.7. The Morgan fingerprint density at radius 3 is 2.78 bits per heavy atom. The Hall–Kier alpha value is -2.10. The number of anilines is 1. The fraction of sp³-hybridized carbons (Fsp3) is 0.214. The summed E-state index contributed by atoms with van der Waals surface area (Å²) in [6, 6.07) is 9.00. The van der Waals surface area contributed by atoms with E-state index in [1.54, 1.807) is 13.2 Å². The molecule has 94 valence electrons. The van der Waals surface area contributed by atoms with Crippen molar-refractivity contribution in [1.29, 1.82) is 0 Å². The lowest BCUT2D eigenvalue weighted by atomic mass is 10.1. The summed E-state index contributed by atoms with van der Waals surface area (Å²) in [6.45, 7) is 2.60. The summed E-state index contributed by atoms with van der Waals surface area (Å²) in [5, 5.41) is 3.12. The zero-order chi connectivity index (χ0) is 13.0. The van der Waals surface area contributed by atoms with Crippen LogP contribution in [-0.4, -0.2) is 12.1 Å². The van der Waals surface area contributed by atoms with Gasteiger partial charge in [0.1, 0.15) is 17.4 Å². The van der Waals surface area contributed by atoms with Gasteiger partial charge < -0.3 is 10.1 Å². The number of aryl methyl sites for hydroxylation is 1. The SMILES string of the molecule is COc1cc(C)ccc1CNc1ccc(F)cn1. The Labute approximate surface area is 106 Å². The molecule has 18 heavy (non-hydrogen) atoms. The van der Waals surface area contributed by atoms with E-state index in [-0.39, 0.29) is 5.82 Å². The molecule has 0 radical (unpaired) electrons. The van der Waals surface area contributed by atoms with E-state index in [1.165, 1.54) is 12.3 Å². The summed E-state index contributed by atoms with van der Waals surface area (Å²) < 4.78 is 18.0. The lowest BCUT2D eigenvalue weighted by Gasteiger charge is -2.10. The van der Waals surface area contributed by atoms with Crippen LogP contribution in [0.4, 0.5) is 10.2 Å². The van der Waals surface area contributed by atoms with E-state index >= 15 is 0 Å². The number of rotatable bonds is 4. The van der Waals surface area contributed by atoms with Gasteiger partial charge in [-0.05, 0) is 30.7 Å². The fourth-order valence-corrected chi connectivity index (χ4v) is 1.66. The van der Waals surface area contributed by atoms with Crippen LogP contribution in [0.1, 0.15) is 11.1 Å². The van der Waals surface area contributed by atoms with Gasteiger partial charge in [-0.15, -0.1) is 0 Å². The van der Waals surface area contributed by atoms with Crippen molar-refractivity contribution in [3.05, 3.63) is 53.5 Å². The van der Waals surface area contributed by atoms with Crippen LogP contribution >= 0.6 is 0 Å². The van der Waals surface area contributed by atoms with Crippen LogP contribution in [0.5, 0.6) is 5.75 Å². The maximum absolute atomic E-state index is 12.7. The first-order valence-electron chi connectivity index (χ1n) is 5.68. The Morgan fingerprint density at radius 1 is 1.28 bits per heavy atom. The Morgan fingerprint density at radius 2 is 2.11 bits per heavy atom. The van der Waals surface area contributed by atoms with Gasteiger partial charge in [-0.1, -0.05) is 12.1 Å². The van der Waals surface area contributed by atoms with Gasteiger partial charge in [0.2, 0.25) is 0 Å². The molecule has 0 atom stereocenters. The molecule has 0 aliphatic heterocycles. The third-order valence-corrected chi connectivity index (χ3v) is 2.63. The molecule has 0 saturated carbocycles. The molecule has 0 aliphatic carbocycles. The van der Waals surface area contributed by atoms with Gasteiger partial charge in [-0.2, -0.15) is 0 Å². The molecule has 0 aliphatic rings. The zero-order valence-corrected chi connectivity index (χ0v) is 10.4. The number of ether oxygens (including phenoxy) is 1. The van der Waals surface area contributed by atoms with Gasteiger partial charge >= 0.3 is 0 Å². The van der Waals surface area contributed by atoms with Gasteiger partial charge in [-0.3, -0.25) is 0 Å². The minimum atomic E-state index is -0.339. The first kappa shape index (κ1) is 12.4. The van der Waals surface area contributed by atoms with Crippen molar-refractivity contribution in [3.63, 3.8) is 0 Å². The standard InChI is InChI=1S/C14H15FN2O/c1-10-3-4-11(13(7-10)18-2)8-16-14-6-5-12(15)9-17-14/h3-7,9H,8H2,1-2H3,(H,16,17). The molecular formula is C14H15FN2O. The maximum Gasteiger partial charge on any atom is 0.141 e. The highest BCUT2D eigenvalue weighted by Crippen LogP contribution is 2.20. The average Bonchev–Trinajstić information content (AvgIpc) is 2.39. The first-order valence-corrected chi connectivity index (χ1v) is 5.68. The van der Waals surface area contributed by atoms with E-state index in [0.717, 1.165) is 16.9 Å². The number of hydrogen-bond donors (Lipinski definition) is 1. The second-order valence-electron chi connectivity index (χ2n) is 4.03. The lowest BCUT2D eigenvalue weighted by molar-refractivity contribution is 0.410. The highest BCUT2D eigenvalue weighted by molar-refractivity contribution is 5.41. The number of pyridine rings is 1. The molecule has 0 fully saturated rings. The molecule has 2 aromatic rings. The monoisotopic (exact) mass is 246 g/mol. The van der Waals surface area contributed by atoms with Crippen LogP contribution < -0.4 is 10.1 Å². The van der Waals surface area contributed by atoms with Gasteiger partial charge in [-0.25, -0.2) is 9.37 Å². The minimum absolute atomic E-state index is 0.339.